The summed E-state index contributed by atoms with van der Waals surface area (Å²) in [4.78, 5) is 15.0. The number of piperidine rings is 3. The molecule has 3 aliphatic heterocycles. The first-order valence-electron chi connectivity index (χ1n) is 12.1. The fraction of sp³-hybridized carbons (Fsp3) is 0.720. The van der Waals surface area contributed by atoms with Gasteiger partial charge in [0, 0.05) is 31.0 Å². The van der Waals surface area contributed by atoms with E-state index in [9.17, 15) is 4.79 Å². The molecule has 3 aliphatic rings. The van der Waals surface area contributed by atoms with Gasteiger partial charge in [-0.1, -0.05) is 57.7 Å². The number of amides is 1. The largest absolute Gasteiger partial charge is 0.440 e. The summed E-state index contributed by atoms with van der Waals surface area (Å²) >= 11 is 0. The molecule has 1 atom stereocenters. The molecule has 0 radical (unpaired) electrons. The minimum atomic E-state index is -0.149. The predicted octanol–water partition coefficient (Wildman–Crippen LogP) is 6.01. The van der Waals surface area contributed by atoms with Crippen LogP contribution in [0.15, 0.2) is 30.3 Å². The summed E-state index contributed by atoms with van der Waals surface area (Å²) < 4.78 is 7.36. The number of carbonyl (C=O) groups excluding carboxylic acids is 1. The highest BCUT2D eigenvalue weighted by Gasteiger charge is 2.47. The lowest BCUT2D eigenvalue weighted by Gasteiger charge is -2.52. The van der Waals surface area contributed by atoms with Gasteiger partial charge < -0.3 is 9.22 Å². The molecule has 4 nitrogen and oxygen atoms in total. The number of carbonyl (C=O) groups is 1. The maximum Gasteiger partial charge on any atom is 0.414 e. The van der Waals surface area contributed by atoms with Crippen molar-refractivity contribution >= 4 is 11.8 Å². The highest BCUT2D eigenvalue weighted by atomic mass is 16.6. The number of para-hydroxylation sites is 1. The van der Waals surface area contributed by atoms with E-state index >= 15 is 0 Å². The molecule has 4 rings (SSSR count). The van der Waals surface area contributed by atoms with Crippen LogP contribution in [0.1, 0.15) is 71.6 Å². The molecular weight excluding hydrogens is 360 g/mol. The second-order valence-electron chi connectivity index (χ2n) is 9.21. The van der Waals surface area contributed by atoms with E-state index in [2.05, 4.69) is 13.8 Å². The third kappa shape index (κ3) is 5.97. The van der Waals surface area contributed by atoms with Gasteiger partial charge in [0.1, 0.15) is 6.54 Å². The topological polar surface area (TPSA) is 29.5 Å². The highest BCUT2D eigenvalue weighted by Crippen LogP contribution is 2.36. The molecular formula is C25H41N2O2+. The van der Waals surface area contributed by atoms with E-state index in [-0.39, 0.29) is 12.2 Å². The van der Waals surface area contributed by atoms with Crippen LogP contribution < -0.4 is 4.90 Å². The minimum absolute atomic E-state index is 0.0912. The van der Waals surface area contributed by atoms with Gasteiger partial charge in [0.2, 0.25) is 0 Å². The molecule has 0 unspecified atom stereocenters. The SMILES string of the molecule is CCCCCCC[N+]12CCC(CC1)[C@@H](OC(=O)N(CCCC)c1ccccc1)C2. The van der Waals surface area contributed by atoms with Gasteiger partial charge in [-0.05, 0) is 31.4 Å². The number of rotatable bonds is 11. The number of nitrogens with zero attached hydrogens (tertiary/aromatic N) is 2. The van der Waals surface area contributed by atoms with Crippen LogP contribution in [-0.4, -0.2) is 49.4 Å². The molecule has 0 aromatic heterocycles. The van der Waals surface area contributed by atoms with E-state index in [1.165, 1.54) is 69.1 Å². The Kier molecular flexibility index (Phi) is 8.40. The van der Waals surface area contributed by atoms with Crippen LogP contribution in [0.25, 0.3) is 0 Å². The second kappa shape index (κ2) is 11.0. The monoisotopic (exact) mass is 401 g/mol. The zero-order chi connectivity index (χ0) is 20.5. The molecule has 0 spiro atoms. The van der Waals surface area contributed by atoms with Crippen molar-refractivity contribution in [2.45, 2.75) is 77.7 Å². The van der Waals surface area contributed by atoms with E-state index in [0.29, 0.717) is 5.92 Å². The first kappa shape index (κ1) is 22.1. The minimum Gasteiger partial charge on any atom is -0.440 e. The molecule has 0 N–H and O–H groups in total. The molecule has 1 aromatic rings. The Bertz CT molecular complexity index is 611. The Morgan fingerprint density at radius 2 is 1.69 bits per heavy atom. The number of anilines is 1. The van der Waals surface area contributed by atoms with Gasteiger partial charge in [0.25, 0.3) is 0 Å². The molecule has 1 aromatic carbocycles. The Labute approximate surface area is 177 Å². The Morgan fingerprint density at radius 1 is 1.00 bits per heavy atom. The molecule has 0 saturated carbocycles. The zero-order valence-electron chi connectivity index (χ0n) is 18.7. The second-order valence-corrected chi connectivity index (χ2v) is 9.21. The van der Waals surface area contributed by atoms with Crippen molar-refractivity contribution in [3.8, 4) is 0 Å². The molecule has 1 amide bonds. The maximum atomic E-state index is 13.1. The normalized spacial score (nSPS) is 25.7. The predicted molar refractivity (Wildman–Crippen MR) is 120 cm³/mol. The fourth-order valence-electron chi connectivity index (χ4n) is 5.16. The maximum absolute atomic E-state index is 13.1. The van der Waals surface area contributed by atoms with E-state index in [1.54, 1.807) is 0 Å². The number of hydrogen-bond donors (Lipinski definition) is 0. The summed E-state index contributed by atoms with van der Waals surface area (Å²) in [6, 6.07) is 10.0. The van der Waals surface area contributed by atoms with Crippen LogP contribution in [0.4, 0.5) is 10.5 Å². The van der Waals surface area contributed by atoms with Crippen molar-refractivity contribution in [1.29, 1.82) is 0 Å². The molecule has 2 bridgehead atoms. The number of ether oxygens (including phenoxy) is 1. The van der Waals surface area contributed by atoms with E-state index in [0.717, 1.165) is 31.6 Å². The van der Waals surface area contributed by atoms with Gasteiger partial charge in [0.15, 0.2) is 6.10 Å². The molecule has 29 heavy (non-hydrogen) atoms. The van der Waals surface area contributed by atoms with Crippen molar-refractivity contribution in [3.63, 3.8) is 0 Å². The molecule has 3 heterocycles. The average Bonchev–Trinajstić information content (AvgIpc) is 2.75. The summed E-state index contributed by atoms with van der Waals surface area (Å²) in [6.07, 6.45) is 11.1. The summed E-state index contributed by atoms with van der Waals surface area (Å²) in [5.74, 6) is 0.558. The third-order valence-electron chi connectivity index (χ3n) is 7.05. The smallest absolute Gasteiger partial charge is 0.414 e. The van der Waals surface area contributed by atoms with Crippen LogP contribution in [0.3, 0.4) is 0 Å². The van der Waals surface area contributed by atoms with E-state index in [1.807, 2.05) is 35.2 Å². The summed E-state index contributed by atoms with van der Waals surface area (Å²) in [7, 11) is 0. The first-order chi connectivity index (χ1) is 14.2. The quantitative estimate of drug-likeness (QED) is 0.336. The summed E-state index contributed by atoms with van der Waals surface area (Å²) in [5.41, 5.74) is 0.951. The fourth-order valence-corrected chi connectivity index (χ4v) is 5.16. The van der Waals surface area contributed by atoms with E-state index < -0.39 is 0 Å². The van der Waals surface area contributed by atoms with Gasteiger partial charge in [-0.25, -0.2) is 4.79 Å². The Balaban J connectivity index is 1.58. The molecule has 0 aliphatic carbocycles. The summed E-state index contributed by atoms with van der Waals surface area (Å²) in [5, 5.41) is 0. The van der Waals surface area contributed by atoms with Crippen molar-refractivity contribution in [2.75, 3.05) is 37.6 Å². The number of quaternary nitrogens is 1. The van der Waals surface area contributed by atoms with Crippen LogP contribution in [0.2, 0.25) is 0 Å². The van der Waals surface area contributed by atoms with Gasteiger partial charge >= 0.3 is 6.09 Å². The standard InChI is InChI=1S/C25H41N2O2/c1-3-5-7-8-12-18-27-19-15-22(16-20-27)24(21-27)29-25(28)26(17-6-4-2)23-13-10-9-11-14-23/h9-11,13-14,22,24H,3-8,12,15-21H2,1-2H3/q+1/t22?,24-,27?/m0/s1. The van der Waals surface area contributed by atoms with Gasteiger partial charge in [-0.3, -0.25) is 4.90 Å². The summed E-state index contributed by atoms with van der Waals surface area (Å²) in [6.45, 7) is 10.0. The van der Waals surface area contributed by atoms with E-state index in [4.69, 9.17) is 4.74 Å². The van der Waals surface area contributed by atoms with Crippen LogP contribution in [0.5, 0.6) is 0 Å². The lowest BCUT2D eigenvalue weighted by Crippen LogP contribution is -2.65. The van der Waals surface area contributed by atoms with Gasteiger partial charge in [-0.15, -0.1) is 0 Å². The number of hydrogen-bond acceptors (Lipinski definition) is 2. The molecule has 3 fully saturated rings. The van der Waals surface area contributed by atoms with Crippen LogP contribution in [0, 0.1) is 5.92 Å². The van der Waals surface area contributed by atoms with Crippen LogP contribution >= 0.6 is 0 Å². The molecule has 3 saturated heterocycles. The number of fused-ring (bicyclic) bond motifs is 3. The van der Waals surface area contributed by atoms with Crippen LogP contribution in [-0.2, 0) is 4.74 Å². The number of unbranched alkanes of at least 4 members (excludes halogenated alkanes) is 5. The average molecular weight is 402 g/mol. The molecule has 4 heteroatoms. The zero-order valence-corrected chi connectivity index (χ0v) is 18.7. The van der Waals surface area contributed by atoms with Crippen molar-refractivity contribution in [3.05, 3.63) is 30.3 Å². The Hall–Kier alpha value is -1.55. The highest BCUT2D eigenvalue weighted by molar-refractivity contribution is 5.87. The Morgan fingerprint density at radius 3 is 2.38 bits per heavy atom. The lowest BCUT2D eigenvalue weighted by atomic mass is 9.83. The van der Waals surface area contributed by atoms with Crippen molar-refractivity contribution in [1.82, 2.24) is 0 Å². The number of benzene rings is 1. The van der Waals surface area contributed by atoms with Gasteiger partial charge in [-0.2, -0.15) is 0 Å². The van der Waals surface area contributed by atoms with Crippen molar-refractivity contribution < 1.29 is 14.0 Å². The van der Waals surface area contributed by atoms with Crippen molar-refractivity contribution in [2.24, 2.45) is 5.92 Å². The molecule has 162 valence electrons. The third-order valence-corrected chi connectivity index (χ3v) is 7.05. The first-order valence-corrected chi connectivity index (χ1v) is 12.1. The lowest BCUT2D eigenvalue weighted by molar-refractivity contribution is -0.946. The van der Waals surface area contributed by atoms with Gasteiger partial charge in [0.05, 0.1) is 19.6 Å².